The number of hydrogen-bond donors (Lipinski definition) is 2. The van der Waals surface area contributed by atoms with Gasteiger partial charge in [0.15, 0.2) is 0 Å². The zero-order valence-electron chi connectivity index (χ0n) is 8.16. The Morgan fingerprint density at radius 2 is 2.29 bits per heavy atom. The number of pyridine rings is 1. The summed E-state index contributed by atoms with van der Waals surface area (Å²) in [6.45, 7) is 3.98. The normalized spacial score (nSPS) is 11.9. The van der Waals surface area contributed by atoms with E-state index < -0.39 is 0 Å². The molecule has 0 aliphatic rings. The van der Waals surface area contributed by atoms with Crippen molar-refractivity contribution >= 4 is 21.8 Å². The molecule has 0 saturated carbocycles. The average Bonchev–Trinajstić information content (AvgIpc) is 2.14. The molecule has 0 unspecified atom stereocenters. The van der Waals surface area contributed by atoms with E-state index in [0.717, 1.165) is 10.0 Å². The topological polar surface area (TPSA) is 63.3 Å². The van der Waals surface area contributed by atoms with Crippen molar-refractivity contribution in [2.45, 2.75) is 19.9 Å². The molecule has 0 atom stereocenters. The smallest absolute Gasteiger partial charge is 0.144 e. The van der Waals surface area contributed by atoms with Gasteiger partial charge in [0.1, 0.15) is 5.84 Å². The quantitative estimate of drug-likeness (QED) is 0.365. The van der Waals surface area contributed by atoms with Crippen molar-refractivity contribution in [2.75, 3.05) is 0 Å². The van der Waals surface area contributed by atoms with Crippen LogP contribution in [0.25, 0.3) is 0 Å². The summed E-state index contributed by atoms with van der Waals surface area (Å²) >= 11 is 3.34. The van der Waals surface area contributed by atoms with E-state index in [1.807, 2.05) is 19.9 Å². The van der Waals surface area contributed by atoms with Gasteiger partial charge in [-0.1, -0.05) is 0 Å². The highest BCUT2D eigenvalue weighted by Crippen LogP contribution is 2.09. The monoisotopic (exact) mass is 256 g/mol. The summed E-state index contributed by atoms with van der Waals surface area (Å²) in [5, 5.41) is 0. The lowest BCUT2D eigenvalue weighted by Gasteiger charge is -2.07. The number of nitrogens with one attached hydrogen (secondary N) is 1. The molecule has 0 aliphatic heterocycles. The summed E-state index contributed by atoms with van der Waals surface area (Å²) < 4.78 is 0.904. The third-order valence-corrected chi connectivity index (χ3v) is 1.94. The Bertz CT molecular complexity index is 335. The second kappa shape index (κ2) is 5.07. The first-order chi connectivity index (χ1) is 6.63. The van der Waals surface area contributed by atoms with Crippen molar-refractivity contribution in [3.05, 3.63) is 28.5 Å². The molecule has 76 valence electrons. The van der Waals surface area contributed by atoms with Gasteiger partial charge in [-0.05, 0) is 35.8 Å². The first-order valence-electron chi connectivity index (χ1n) is 4.29. The lowest BCUT2D eigenvalue weighted by Crippen LogP contribution is -2.32. The summed E-state index contributed by atoms with van der Waals surface area (Å²) in [6.07, 6.45) is 3.43. The van der Waals surface area contributed by atoms with E-state index in [0.29, 0.717) is 5.84 Å². The summed E-state index contributed by atoms with van der Waals surface area (Å²) in [5.41, 5.74) is 3.44. The second-order valence-electron chi connectivity index (χ2n) is 3.11. The van der Waals surface area contributed by atoms with Gasteiger partial charge in [0.05, 0.1) is 0 Å². The molecule has 0 spiro atoms. The number of rotatable bonds is 2. The van der Waals surface area contributed by atoms with Gasteiger partial charge in [-0.15, -0.1) is 0 Å². The van der Waals surface area contributed by atoms with Gasteiger partial charge in [-0.3, -0.25) is 9.98 Å². The van der Waals surface area contributed by atoms with E-state index in [-0.39, 0.29) is 6.04 Å². The van der Waals surface area contributed by atoms with Crippen molar-refractivity contribution in [1.82, 2.24) is 10.4 Å². The van der Waals surface area contributed by atoms with Crippen LogP contribution in [0, 0.1) is 0 Å². The van der Waals surface area contributed by atoms with Crippen LogP contribution in [-0.4, -0.2) is 16.9 Å². The summed E-state index contributed by atoms with van der Waals surface area (Å²) in [7, 11) is 0. The molecule has 3 N–H and O–H groups in total. The standard InChI is InChI=1S/C9H13BrN4/c1-6(2)13-9(14-11)7-3-8(10)5-12-4-7/h3-6H,11H2,1-2H3,(H,13,14). The fourth-order valence-electron chi connectivity index (χ4n) is 0.995. The molecule has 0 aromatic carbocycles. The fraction of sp³-hybridized carbons (Fsp3) is 0.333. The first-order valence-corrected chi connectivity index (χ1v) is 5.08. The van der Waals surface area contributed by atoms with Gasteiger partial charge in [0.2, 0.25) is 0 Å². The van der Waals surface area contributed by atoms with E-state index in [1.165, 1.54) is 0 Å². The van der Waals surface area contributed by atoms with Crippen LogP contribution in [0.3, 0.4) is 0 Å². The van der Waals surface area contributed by atoms with Gasteiger partial charge in [-0.25, -0.2) is 5.84 Å². The largest absolute Gasteiger partial charge is 0.308 e. The van der Waals surface area contributed by atoms with Gasteiger partial charge in [0.25, 0.3) is 0 Å². The van der Waals surface area contributed by atoms with Crippen molar-refractivity contribution < 1.29 is 0 Å². The minimum absolute atomic E-state index is 0.194. The van der Waals surface area contributed by atoms with Crippen molar-refractivity contribution in [2.24, 2.45) is 10.8 Å². The zero-order chi connectivity index (χ0) is 10.6. The molecule has 4 nitrogen and oxygen atoms in total. The number of aliphatic imine (C=N–C) groups is 1. The highest BCUT2D eigenvalue weighted by atomic mass is 79.9. The molecule has 0 amide bonds. The Balaban J connectivity index is 3.01. The Labute approximate surface area is 91.7 Å². The number of hydrazine groups is 1. The van der Waals surface area contributed by atoms with Crippen molar-refractivity contribution in [3.8, 4) is 0 Å². The molecule has 0 saturated heterocycles. The zero-order valence-corrected chi connectivity index (χ0v) is 9.75. The second-order valence-corrected chi connectivity index (χ2v) is 4.02. The van der Waals surface area contributed by atoms with Gasteiger partial charge in [-0.2, -0.15) is 0 Å². The van der Waals surface area contributed by atoms with Crippen LogP contribution in [-0.2, 0) is 0 Å². The molecule has 1 heterocycles. The molecule has 0 radical (unpaired) electrons. The van der Waals surface area contributed by atoms with Crippen LogP contribution in [0.1, 0.15) is 19.4 Å². The Hall–Kier alpha value is -0.940. The third-order valence-electron chi connectivity index (χ3n) is 1.50. The molecule has 1 aromatic rings. The summed E-state index contributed by atoms with van der Waals surface area (Å²) in [5.74, 6) is 6.03. The molecular weight excluding hydrogens is 244 g/mol. The van der Waals surface area contributed by atoms with Gasteiger partial charge < -0.3 is 5.43 Å². The number of nitrogens with two attached hydrogens (primary N) is 1. The molecule has 0 aliphatic carbocycles. The minimum Gasteiger partial charge on any atom is -0.308 e. The molecule has 5 heteroatoms. The maximum absolute atomic E-state index is 5.38. The summed E-state index contributed by atoms with van der Waals surface area (Å²) in [6, 6.07) is 2.11. The predicted octanol–water partition coefficient (Wildman–Crippen LogP) is 1.46. The molecule has 1 aromatic heterocycles. The predicted molar refractivity (Wildman–Crippen MR) is 60.9 cm³/mol. The number of aromatic nitrogens is 1. The Morgan fingerprint density at radius 1 is 1.57 bits per heavy atom. The lowest BCUT2D eigenvalue weighted by atomic mass is 10.2. The van der Waals surface area contributed by atoms with Gasteiger partial charge >= 0.3 is 0 Å². The first kappa shape index (κ1) is 11.1. The summed E-state index contributed by atoms with van der Waals surface area (Å²) in [4.78, 5) is 8.36. The molecule has 14 heavy (non-hydrogen) atoms. The van der Waals surface area contributed by atoms with Crippen LogP contribution in [0.5, 0.6) is 0 Å². The van der Waals surface area contributed by atoms with Crippen molar-refractivity contribution in [3.63, 3.8) is 0 Å². The SMILES string of the molecule is CC(C)N=C(NN)c1cncc(Br)c1. The van der Waals surface area contributed by atoms with Gasteiger partial charge in [0, 0.05) is 28.5 Å². The number of amidine groups is 1. The fourth-order valence-corrected chi connectivity index (χ4v) is 1.36. The van der Waals surface area contributed by atoms with E-state index in [4.69, 9.17) is 5.84 Å². The number of halogens is 1. The molecule has 1 rings (SSSR count). The maximum atomic E-state index is 5.38. The number of hydrogen-bond acceptors (Lipinski definition) is 3. The van der Waals surface area contributed by atoms with E-state index >= 15 is 0 Å². The Morgan fingerprint density at radius 3 is 2.79 bits per heavy atom. The van der Waals surface area contributed by atoms with Crippen LogP contribution in [0.2, 0.25) is 0 Å². The van der Waals surface area contributed by atoms with Crippen LogP contribution >= 0.6 is 15.9 Å². The van der Waals surface area contributed by atoms with Crippen molar-refractivity contribution in [1.29, 1.82) is 0 Å². The molecule has 0 bridgehead atoms. The van der Waals surface area contributed by atoms with E-state index in [2.05, 4.69) is 31.3 Å². The minimum atomic E-state index is 0.194. The maximum Gasteiger partial charge on any atom is 0.144 e. The van der Waals surface area contributed by atoms with E-state index in [1.54, 1.807) is 12.4 Å². The van der Waals surface area contributed by atoms with Crippen LogP contribution in [0.15, 0.2) is 27.9 Å². The third kappa shape index (κ3) is 3.08. The highest BCUT2D eigenvalue weighted by Gasteiger charge is 2.03. The number of nitrogens with zero attached hydrogens (tertiary/aromatic N) is 2. The Kier molecular flexibility index (Phi) is 4.03. The molecular formula is C9H13BrN4. The van der Waals surface area contributed by atoms with Crippen LogP contribution < -0.4 is 11.3 Å². The van der Waals surface area contributed by atoms with Crippen LogP contribution in [0.4, 0.5) is 0 Å². The molecule has 0 fully saturated rings. The van der Waals surface area contributed by atoms with E-state index in [9.17, 15) is 0 Å². The average molecular weight is 257 g/mol. The highest BCUT2D eigenvalue weighted by molar-refractivity contribution is 9.10. The lowest BCUT2D eigenvalue weighted by molar-refractivity contribution is 0.820.